The number of amides is 1. The van der Waals surface area contributed by atoms with Crippen molar-refractivity contribution in [2.24, 2.45) is 0 Å². The number of rotatable bonds is 2. The Balaban J connectivity index is 2.71. The highest BCUT2D eigenvalue weighted by atomic mass is 35.5. The molecular weight excluding hydrogens is 272 g/mol. The van der Waals surface area contributed by atoms with Gasteiger partial charge in [0.1, 0.15) is 10.9 Å². The molecule has 0 aromatic heterocycles. The number of nitrogens with zero attached hydrogens (tertiary/aromatic N) is 2. The molecule has 1 aromatic rings. The molecule has 0 fully saturated rings. The first kappa shape index (κ1) is 11.8. The van der Waals surface area contributed by atoms with Gasteiger partial charge in [-0.1, -0.05) is 0 Å². The first-order chi connectivity index (χ1) is 7.89. The highest BCUT2D eigenvalue weighted by Gasteiger charge is 2.41. The van der Waals surface area contributed by atoms with Crippen LogP contribution in [0.15, 0.2) is 23.1 Å². The summed E-state index contributed by atoms with van der Waals surface area (Å²) in [4.78, 5) is 21.0. The maximum atomic E-state index is 11.8. The summed E-state index contributed by atoms with van der Waals surface area (Å²) >= 11 is 5.37. The van der Waals surface area contributed by atoms with Crippen molar-refractivity contribution < 1.29 is 18.1 Å². The van der Waals surface area contributed by atoms with Gasteiger partial charge in [0, 0.05) is 12.1 Å². The number of sulfonamides is 1. The summed E-state index contributed by atoms with van der Waals surface area (Å²) in [5.41, 5.74) is -0.493. The molecule has 7 nitrogen and oxygen atoms in total. The van der Waals surface area contributed by atoms with Crippen molar-refractivity contribution in [3.8, 4) is 0 Å². The van der Waals surface area contributed by atoms with Crippen LogP contribution < -0.4 is 0 Å². The third kappa shape index (κ3) is 1.56. The predicted octanol–water partition coefficient (Wildman–Crippen LogP) is 0.936. The Morgan fingerprint density at radius 1 is 1.41 bits per heavy atom. The first-order valence-corrected chi connectivity index (χ1v) is 6.28. The quantitative estimate of drug-likeness (QED) is 0.346. The van der Waals surface area contributed by atoms with Gasteiger partial charge in [0.25, 0.3) is 21.6 Å². The van der Waals surface area contributed by atoms with E-state index < -0.39 is 32.5 Å². The third-order valence-corrected chi connectivity index (χ3v) is 4.46. The van der Waals surface area contributed by atoms with Crippen LogP contribution >= 0.6 is 11.6 Å². The summed E-state index contributed by atoms with van der Waals surface area (Å²) in [6, 6.07) is 2.52. The summed E-state index contributed by atoms with van der Waals surface area (Å²) in [6.45, 7) is 0. The van der Waals surface area contributed by atoms with Gasteiger partial charge in [-0.2, -0.15) is 0 Å². The predicted molar refractivity (Wildman–Crippen MR) is 57.2 cm³/mol. The standard InChI is InChI=1S/C8H5ClN2O5S/c9-4-10-8(12)6-2-1-5(11(13)14)3-7(6)17(10,15)16/h1-3H,4H2. The summed E-state index contributed by atoms with van der Waals surface area (Å²) in [6.07, 6.45) is 0. The fraction of sp³-hybridized carbons (Fsp3) is 0.125. The lowest BCUT2D eigenvalue weighted by Gasteiger charge is -2.09. The summed E-state index contributed by atoms with van der Waals surface area (Å²) < 4.78 is 24.1. The number of non-ortho nitro benzene ring substituents is 1. The Hall–Kier alpha value is -1.67. The largest absolute Gasteiger partial charge is 0.270 e. The lowest BCUT2D eigenvalue weighted by atomic mass is 10.2. The highest BCUT2D eigenvalue weighted by Crippen LogP contribution is 2.32. The van der Waals surface area contributed by atoms with Crippen LogP contribution in [0.5, 0.6) is 0 Å². The molecule has 1 aliphatic rings. The maximum absolute atomic E-state index is 11.8. The molecule has 0 aliphatic carbocycles. The number of halogens is 1. The molecule has 90 valence electrons. The van der Waals surface area contributed by atoms with Gasteiger partial charge in [-0.15, -0.1) is 11.6 Å². The molecule has 9 heteroatoms. The minimum Gasteiger partial charge on any atom is -0.268 e. The van der Waals surface area contributed by atoms with E-state index in [1.54, 1.807) is 0 Å². The van der Waals surface area contributed by atoms with Crippen LogP contribution in [0, 0.1) is 10.1 Å². The fourth-order valence-corrected chi connectivity index (χ4v) is 3.37. The fourth-order valence-electron chi connectivity index (χ4n) is 1.50. The topological polar surface area (TPSA) is 97.6 Å². The van der Waals surface area contributed by atoms with Crippen molar-refractivity contribution in [2.45, 2.75) is 4.90 Å². The van der Waals surface area contributed by atoms with Crippen molar-refractivity contribution in [1.82, 2.24) is 4.31 Å². The van der Waals surface area contributed by atoms with Crippen molar-refractivity contribution in [2.75, 3.05) is 6.00 Å². The van der Waals surface area contributed by atoms with Crippen LogP contribution in [0.25, 0.3) is 0 Å². The van der Waals surface area contributed by atoms with Gasteiger partial charge in [-0.25, -0.2) is 12.7 Å². The van der Waals surface area contributed by atoms with Crippen molar-refractivity contribution in [3.63, 3.8) is 0 Å². The van der Waals surface area contributed by atoms with Crippen molar-refractivity contribution in [3.05, 3.63) is 33.9 Å². The van der Waals surface area contributed by atoms with Gasteiger partial charge in [0.15, 0.2) is 0 Å². The van der Waals surface area contributed by atoms with Gasteiger partial charge >= 0.3 is 0 Å². The Labute approximate surface area is 101 Å². The molecule has 1 aliphatic heterocycles. The van der Waals surface area contributed by atoms with E-state index in [-0.39, 0.29) is 10.5 Å². The van der Waals surface area contributed by atoms with E-state index in [0.717, 1.165) is 18.2 Å². The second kappa shape index (κ2) is 3.67. The molecule has 2 rings (SSSR count). The van der Waals surface area contributed by atoms with E-state index in [9.17, 15) is 23.3 Å². The lowest BCUT2D eigenvalue weighted by Crippen LogP contribution is -2.28. The van der Waals surface area contributed by atoms with E-state index in [1.165, 1.54) is 0 Å². The van der Waals surface area contributed by atoms with Crippen LogP contribution in [0.3, 0.4) is 0 Å². The summed E-state index contributed by atoms with van der Waals surface area (Å²) in [5, 5.41) is 10.5. The number of hydrogen-bond donors (Lipinski definition) is 0. The number of alkyl halides is 1. The number of carbonyl (C=O) groups excluding carboxylic acids is 1. The second-order valence-electron chi connectivity index (χ2n) is 3.22. The van der Waals surface area contributed by atoms with E-state index in [1.807, 2.05) is 0 Å². The van der Waals surface area contributed by atoms with Crippen LogP contribution in [-0.4, -0.2) is 29.6 Å². The molecule has 0 saturated heterocycles. The third-order valence-electron chi connectivity index (χ3n) is 2.31. The smallest absolute Gasteiger partial charge is 0.268 e. The van der Waals surface area contributed by atoms with E-state index in [4.69, 9.17) is 11.6 Å². The Morgan fingerprint density at radius 2 is 2.06 bits per heavy atom. The molecule has 1 amide bonds. The average Bonchev–Trinajstić information content (AvgIpc) is 2.46. The van der Waals surface area contributed by atoms with E-state index >= 15 is 0 Å². The number of nitro benzene ring substituents is 1. The number of hydrogen-bond acceptors (Lipinski definition) is 5. The molecular formula is C8H5ClN2O5S. The lowest BCUT2D eigenvalue weighted by molar-refractivity contribution is -0.385. The normalized spacial score (nSPS) is 17.0. The maximum Gasteiger partial charge on any atom is 0.270 e. The van der Waals surface area contributed by atoms with Gasteiger partial charge in [0.05, 0.1) is 10.5 Å². The average molecular weight is 277 g/mol. The van der Waals surface area contributed by atoms with Gasteiger partial charge in [-0.05, 0) is 6.07 Å². The number of fused-ring (bicyclic) bond motifs is 1. The van der Waals surface area contributed by atoms with Crippen molar-refractivity contribution in [1.29, 1.82) is 0 Å². The first-order valence-electron chi connectivity index (χ1n) is 4.31. The second-order valence-corrected chi connectivity index (χ2v) is 5.29. The number of carbonyl (C=O) groups is 1. The Kier molecular flexibility index (Phi) is 2.55. The molecule has 0 bridgehead atoms. The molecule has 0 N–H and O–H groups in total. The summed E-state index contributed by atoms with van der Waals surface area (Å²) in [5.74, 6) is -0.773. The zero-order valence-electron chi connectivity index (χ0n) is 8.16. The Morgan fingerprint density at radius 3 is 2.59 bits per heavy atom. The molecule has 1 aromatic carbocycles. The summed E-state index contributed by atoms with van der Waals surface area (Å²) in [7, 11) is -4.05. The van der Waals surface area contributed by atoms with Crippen LogP contribution in [0.4, 0.5) is 5.69 Å². The van der Waals surface area contributed by atoms with Crippen molar-refractivity contribution >= 4 is 33.2 Å². The van der Waals surface area contributed by atoms with Crippen LogP contribution in [-0.2, 0) is 10.0 Å². The number of nitro groups is 1. The molecule has 0 saturated carbocycles. The van der Waals surface area contributed by atoms with Crippen LogP contribution in [0.2, 0.25) is 0 Å². The molecule has 0 spiro atoms. The Bertz CT molecular complexity index is 627. The number of benzene rings is 1. The van der Waals surface area contributed by atoms with E-state index in [0.29, 0.717) is 4.31 Å². The zero-order chi connectivity index (χ0) is 12.8. The molecule has 1 heterocycles. The minimum absolute atomic E-state index is 0.101. The monoisotopic (exact) mass is 276 g/mol. The van der Waals surface area contributed by atoms with Gasteiger partial charge < -0.3 is 0 Å². The van der Waals surface area contributed by atoms with Gasteiger partial charge in [0.2, 0.25) is 0 Å². The van der Waals surface area contributed by atoms with Gasteiger partial charge in [-0.3, -0.25) is 14.9 Å². The van der Waals surface area contributed by atoms with Crippen LogP contribution in [0.1, 0.15) is 10.4 Å². The minimum atomic E-state index is -4.05. The molecule has 0 unspecified atom stereocenters. The molecule has 0 atom stereocenters. The zero-order valence-corrected chi connectivity index (χ0v) is 9.73. The highest BCUT2D eigenvalue weighted by molar-refractivity contribution is 7.90. The molecule has 17 heavy (non-hydrogen) atoms. The SMILES string of the molecule is O=C1c2ccc([N+](=O)[O-])cc2S(=O)(=O)N1CCl. The van der Waals surface area contributed by atoms with E-state index in [2.05, 4.69) is 0 Å². The molecule has 0 radical (unpaired) electrons.